The Morgan fingerprint density at radius 3 is 3.06 bits per heavy atom. The van der Waals surface area contributed by atoms with Gasteiger partial charge in [0.25, 0.3) is 0 Å². The van der Waals surface area contributed by atoms with Crippen molar-refractivity contribution in [2.24, 2.45) is 5.73 Å². The van der Waals surface area contributed by atoms with Gasteiger partial charge in [-0.15, -0.1) is 11.3 Å². The fourth-order valence-corrected chi connectivity index (χ4v) is 2.04. The Labute approximate surface area is 106 Å². The van der Waals surface area contributed by atoms with Gasteiger partial charge in [-0.3, -0.25) is 4.79 Å². The molecule has 1 rings (SSSR count). The molecular weight excluding hydrogens is 238 g/mol. The van der Waals surface area contributed by atoms with Crippen molar-refractivity contribution in [3.8, 4) is 0 Å². The van der Waals surface area contributed by atoms with Gasteiger partial charge in [0.1, 0.15) is 0 Å². The fraction of sp³-hybridized carbons (Fsp3) is 0.636. The van der Waals surface area contributed by atoms with Crippen LogP contribution in [0.15, 0.2) is 10.9 Å². The lowest BCUT2D eigenvalue weighted by atomic mass is 10.1. The van der Waals surface area contributed by atoms with Gasteiger partial charge in [0.05, 0.1) is 23.8 Å². The maximum absolute atomic E-state index is 11.9. The highest BCUT2D eigenvalue weighted by atomic mass is 32.1. The predicted molar refractivity (Wildman–Crippen MR) is 67.7 cm³/mol. The van der Waals surface area contributed by atoms with E-state index in [0.29, 0.717) is 19.6 Å². The van der Waals surface area contributed by atoms with Gasteiger partial charge in [0.15, 0.2) is 0 Å². The van der Waals surface area contributed by atoms with Crippen molar-refractivity contribution in [2.75, 3.05) is 20.8 Å². The molecule has 0 aliphatic carbocycles. The first-order valence-electron chi connectivity index (χ1n) is 5.51. The molecule has 0 aromatic carbocycles. The predicted octanol–water partition coefficient (Wildman–Crippen LogP) is 0.855. The molecule has 1 heterocycles. The molecule has 1 unspecified atom stereocenters. The second-order valence-corrected chi connectivity index (χ2v) is 4.63. The number of aromatic nitrogens is 1. The van der Waals surface area contributed by atoms with Crippen LogP contribution in [0.5, 0.6) is 0 Å². The second-order valence-electron chi connectivity index (χ2n) is 3.92. The first-order valence-corrected chi connectivity index (χ1v) is 6.46. The minimum absolute atomic E-state index is 0.0471. The van der Waals surface area contributed by atoms with Crippen molar-refractivity contribution < 1.29 is 9.53 Å². The molecule has 0 radical (unpaired) electrons. The van der Waals surface area contributed by atoms with E-state index in [1.54, 1.807) is 24.6 Å². The molecule has 17 heavy (non-hydrogen) atoms. The molecule has 96 valence electrons. The van der Waals surface area contributed by atoms with Crippen molar-refractivity contribution in [3.63, 3.8) is 0 Å². The summed E-state index contributed by atoms with van der Waals surface area (Å²) in [6, 6.07) is -0.450. The topological polar surface area (TPSA) is 68.5 Å². The van der Waals surface area contributed by atoms with Crippen LogP contribution in [-0.4, -0.2) is 42.6 Å². The summed E-state index contributed by atoms with van der Waals surface area (Å²) in [6.45, 7) is 1.15. The van der Waals surface area contributed by atoms with Gasteiger partial charge in [-0.25, -0.2) is 4.98 Å². The SMILES string of the molecule is COCCCC(N)C(=O)N(C)Cc1cscn1. The summed E-state index contributed by atoms with van der Waals surface area (Å²) in [5.74, 6) is -0.0471. The molecule has 1 aromatic rings. The minimum atomic E-state index is -0.450. The van der Waals surface area contributed by atoms with Crippen LogP contribution in [-0.2, 0) is 16.1 Å². The monoisotopic (exact) mass is 257 g/mol. The van der Waals surface area contributed by atoms with E-state index in [2.05, 4.69) is 4.98 Å². The Morgan fingerprint density at radius 2 is 2.47 bits per heavy atom. The molecule has 2 N–H and O–H groups in total. The van der Waals surface area contributed by atoms with Gasteiger partial charge >= 0.3 is 0 Å². The van der Waals surface area contributed by atoms with E-state index in [0.717, 1.165) is 12.1 Å². The van der Waals surface area contributed by atoms with Crippen molar-refractivity contribution in [1.82, 2.24) is 9.88 Å². The lowest BCUT2D eigenvalue weighted by Crippen LogP contribution is -2.41. The highest BCUT2D eigenvalue weighted by Gasteiger charge is 2.18. The van der Waals surface area contributed by atoms with E-state index >= 15 is 0 Å². The van der Waals surface area contributed by atoms with Crippen LogP contribution in [0.2, 0.25) is 0 Å². The maximum Gasteiger partial charge on any atom is 0.239 e. The third kappa shape index (κ3) is 4.80. The molecule has 1 amide bonds. The van der Waals surface area contributed by atoms with E-state index < -0.39 is 6.04 Å². The van der Waals surface area contributed by atoms with Crippen LogP contribution in [0, 0.1) is 0 Å². The fourth-order valence-electron chi connectivity index (χ4n) is 1.49. The summed E-state index contributed by atoms with van der Waals surface area (Å²) in [5.41, 5.74) is 8.48. The van der Waals surface area contributed by atoms with Crippen LogP contribution in [0.3, 0.4) is 0 Å². The number of methoxy groups -OCH3 is 1. The summed E-state index contributed by atoms with van der Waals surface area (Å²) >= 11 is 1.52. The molecule has 0 aliphatic heterocycles. The second kappa shape index (κ2) is 7.37. The molecule has 0 saturated heterocycles. The molecule has 0 bridgehead atoms. The number of likely N-dealkylation sites (N-methyl/N-ethyl adjacent to an activating group) is 1. The third-order valence-electron chi connectivity index (χ3n) is 2.44. The first-order chi connectivity index (χ1) is 8.15. The third-order valence-corrected chi connectivity index (χ3v) is 3.07. The standard InChI is InChI=1S/C11H19N3O2S/c1-14(6-9-7-17-8-13-9)11(15)10(12)4-3-5-16-2/h7-8,10H,3-6,12H2,1-2H3. The van der Waals surface area contributed by atoms with Gasteiger partial charge in [-0.05, 0) is 12.8 Å². The lowest BCUT2D eigenvalue weighted by Gasteiger charge is -2.20. The maximum atomic E-state index is 11.9. The van der Waals surface area contributed by atoms with E-state index in [9.17, 15) is 4.79 Å². The van der Waals surface area contributed by atoms with Gasteiger partial charge in [-0.1, -0.05) is 0 Å². The summed E-state index contributed by atoms with van der Waals surface area (Å²) in [7, 11) is 3.39. The van der Waals surface area contributed by atoms with E-state index in [1.165, 1.54) is 11.3 Å². The average molecular weight is 257 g/mol. The largest absolute Gasteiger partial charge is 0.385 e. The zero-order valence-corrected chi connectivity index (χ0v) is 11.1. The number of ether oxygens (including phenoxy) is 1. The Hall–Kier alpha value is -0.980. The van der Waals surface area contributed by atoms with Crippen molar-refractivity contribution >= 4 is 17.2 Å². The van der Waals surface area contributed by atoms with Gasteiger partial charge in [-0.2, -0.15) is 0 Å². The highest BCUT2D eigenvalue weighted by molar-refractivity contribution is 7.07. The molecule has 0 aliphatic rings. The van der Waals surface area contributed by atoms with E-state index in [1.807, 2.05) is 5.38 Å². The smallest absolute Gasteiger partial charge is 0.239 e. The molecule has 1 atom stereocenters. The number of rotatable bonds is 7. The van der Waals surface area contributed by atoms with Gasteiger partial charge < -0.3 is 15.4 Å². The van der Waals surface area contributed by atoms with Crippen LogP contribution in [0.4, 0.5) is 0 Å². The Balaban J connectivity index is 2.35. The number of nitrogens with zero attached hydrogens (tertiary/aromatic N) is 2. The summed E-state index contributed by atoms with van der Waals surface area (Å²) in [4.78, 5) is 17.7. The van der Waals surface area contributed by atoms with Gasteiger partial charge in [0.2, 0.25) is 5.91 Å². The lowest BCUT2D eigenvalue weighted by molar-refractivity contribution is -0.132. The minimum Gasteiger partial charge on any atom is -0.385 e. The van der Waals surface area contributed by atoms with E-state index in [-0.39, 0.29) is 5.91 Å². The summed E-state index contributed by atoms with van der Waals surface area (Å²) in [6.07, 6.45) is 1.45. The zero-order valence-electron chi connectivity index (χ0n) is 10.3. The van der Waals surface area contributed by atoms with Crippen LogP contribution < -0.4 is 5.73 Å². The van der Waals surface area contributed by atoms with Crippen LogP contribution >= 0.6 is 11.3 Å². The number of thiazole rings is 1. The summed E-state index contributed by atoms with van der Waals surface area (Å²) < 4.78 is 4.93. The Bertz CT molecular complexity index is 329. The molecule has 5 nitrogen and oxygen atoms in total. The quantitative estimate of drug-likeness (QED) is 0.735. The molecule has 1 aromatic heterocycles. The number of amides is 1. The van der Waals surface area contributed by atoms with Crippen molar-refractivity contribution in [3.05, 3.63) is 16.6 Å². The van der Waals surface area contributed by atoms with Crippen LogP contribution in [0.1, 0.15) is 18.5 Å². The van der Waals surface area contributed by atoms with E-state index in [4.69, 9.17) is 10.5 Å². The molecule has 6 heteroatoms. The first kappa shape index (κ1) is 14.1. The average Bonchev–Trinajstić information content (AvgIpc) is 2.81. The zero-order chi connectivity index (χ0) is 12.7. The summed E-state index contributed by atoms with van der Waals surface area (Å²) in [5, 5.41) is 1.93. The number of hydrogen-bond donors (Lipinski definition) is 1. The number of nitrogens with two attached hydrogens (primary N) is 1. The van der Waals surface area contributed by atoms with Crippen LogP contribution in [0.25, 0.3) is 0 Å². The highest BCUT2D eigenvalue weighted by Crippen LogP contribution is 2.06. The Kier molecular flexibility index (Phi) is 6.10. The molecule has 0 fully saturated rings. The molecule has 0 spiro atoms. The van der Waals surface area contributed by atoms with Crippen molar-refractivity contribution in [1.29, 1.82) is 0 Å². The van der Waals surface area contributed by atoms with Crippen molar-refractivity contribution in [2.45, 2.75) is 25.4 Å². The molecular formula is C11H19N3O2S. The Morgan fingerprint density at radius 1 is 1.71 bits per heavy atom. The number of carbonyl (C=O) groups excluding carboxylic acids is 1. The number of carbonyl (C=O) groups is 1. The number of hydrogen-bond acceptors (Lipinski definition) is 5. The normalized spacial score (nSPS) is 12.4. The molecule has 0 saturated carbocycles. The van der Waals surface area contributed by atoms with Gasteiger partial charge in [0, 0.05) is 26.1 Å².